The Balaban J connectivity index is 1.64. The third-order valence-electron chi connectivity index (χ3n) is 3.39. The second-order valence-corrected chi connectivity index (χ2v) is 8.05. The first-order valence-electron chi connectivity index (χ1n) is 7.68. The van der Waals surface area contributed by atoms with Gasteiger partial charge in [-0.1, -0.05) is 21.1 Å². The average Bonchev–Trinajstić information content (AvgIpc) is 3.06. The molecule has 0 aliphatic carbocycles. The van der Waals surface area contributed by atoms with Crippen molar-refractivity contribution in [1.29, 1.82) is 0 Å². The highest BCUT2D eigenvalue weighted by atomic mass is 79.9. The lowest BCUT2D eigenvalue weighted by molar-refractivity contribution is 0.0430. The first-order valence-corrected chi connectivity index (χ1v) is 9.96. The van der Waals surface area contributed by atoms with Crippen molar-refractivity contribution < 1.29 is 22.5 Å². The summed E-state index contributed by atoms with van der Waals surface area (Å²) in [6, 6.07) is 12.1. The Bertz CT molecular complexity index is 1050. The number of carbonyl (C=O) groups excluding carboxylic acids is 1. The van der Waals surface area contributed by atoms with Crippen molar-refractivity contribution in [1.82, 2.24) is 10.1 Å². The molecule has 0 bridgehead atoms. The van der Waals surface area contributed by atoms with Crippen LogP contribution in [-0.2, 0) is 21.4 Å². The van der Waals surface area contributed by atoms with E-state index in [1.54, 1.807) is 19.1 Å². The lowest BCUT2D eigenvalue weighted by Crippen LogP contribution is -2.13. The third kappa shape index (κ3) is 4.92. The topological polar surface area (TPSA) is 111 Å². The van der Waals surface area contributed by atoms with Gasteiger partial charge in [-0.05, 0) is 55.5 Å². The Morgan fingerprint density at radius 2 is 1.81 bits per heavy atom. The highest BCUT2D eigenvalue weighted by molar-refractivity contribution is 9.10. The van der Waals surface area contributed by atoms with E-state index >= 15 is 0 Å². The molecule has 3 aromatic rings. The molecule has 0 spiro atoms. The Morgan fingerprint density at radius 1 is 1.15 bits per heavy atom. The van der Waals surface area contributed by atoms with Crippen LogP contribution in [0, 0.1) is 6.92 Å². The molecule has 0 amide bonds. The van der Waals surface area contributed by atoms with E-state index < -0.39 is 16.0 Å². The van der Waals surface area contributed by atoms with Gasteiger partial charge >= 0.3 is 5.97 Å². The monoisotopic (exact) mass is 451 g/mol. The number of halogens is 1. The van der Waals surface area contributed by atoms with E-state index in [4.69, 9.17) is 9.26 Å². The molecule has 0 aliphatic heterocycles. The molecule has 3 rings (SSSR count). The molecule has 2 aromatic carbocycles. The summed E-state index contributed by atoms with van der Waals surface area (Å²) in [6.45, 7) is 1.51. The maximum atomic E-state index is 12.4. The van der Waals surface area contributed by atoms with Gasteiger partial charge in [-0.2, -0.15) is 4.98 Å². The first-order chi connectivity index (χ1) is 12.8. The maximum absolute atomic E-state index is 12.4. The van der Waals surface area contributed by atoms with Crippen LogP contribution in [0.2, 0.25) is 0 Å². The van der Waals surface area contributed by atoms with Crippen molar-refractivity contribution in [2.75, 3.05) is 4.72 Å². The summed E-state index contributed by atoms with van der Waals surface area (Å²) in [4.78, 5) is 16.1. The number of hydrogen-bond acceptors (Lipinski definition) is 7. The van der Waals surface area contributed by atoms with E-state index in [0.717, 1.165) is 4.47 Å². The van der Waals surface area contributed by atoms with E-state index in [1.165, 1.54) is 36.4 Å². The van der Waals surface area contributed by atoms with E-state index in [2.05, 4.69) is 30.8 Å². The van der Waals surface area contributed by atoms with E-state index in [9.17, 15) is 13.2 Å². The molecule has 0 fully saturated rings. The summed E-state index contributed by atoms with van der Waals surface area (Å²) in [5.74, 6) is 0.0522. The molecular weight excluding hydrogens is 438 g/mol. The van der Waals surface area contributed by atoms with Gasteiger partial charge in [0.1, 0.15) is 0 Å². The number of ether oxygens (including phenoxy) is 1. The van der Waals surface area contributed by atoms with E-state index in [1.807, 2.05) is 0 Å². The lowest BCUT2D eigenvalue weighted by Gasteiger charge is -2.09. The number of nitrogens with zero attached hydrogens (tertiary/aromatic N) is 2. The van der Waals surface area contributed by atoms with E-state index in [-0.39, 0.29) is 23.0 Å². The van der Waals surface area contributed by atoms with Crippen molar-refractivity contribution in [2.45, 2.75) is 18.4 Å². The second-order valence-electron chi connectivity index (χ2n) is 5.45. The highest BCUT2D eigenvalue weighted by Crippen LogP contribution is 2.19. The normalized spacial score (nSPS) is 11.2. The van der Waals surface area contributed by atoms with E-state index in [0.29, 0.717) is 11.5 Å². The summed E-state index contributed by atoms with van der Waals surface area (Å²) in [7, 11) is -3.72. The van der Waals surface area contributed by atoms with Gasteiger partial charge < -0.3 is 9.26 Å². The molecule has 27 heavy (non-hydrogen) atoms. The van der Waals surface area contributed by atoms with Gasteiger partial charge in [-0.25, -0.2) is 13.2 Å². The molecule has 1 aromatic heterocycles. The van der Waals surface area contributed by atoms with Crippen LogP contribution < -0.4 is 4.72 Å². The minimum atomic E-state index is -3.72. The number of carbonyl (C=O) groups is 1. The molecule has 0 aliphatic rings. The first kappa shape index (κ1) is 19.1. The molecule has 1 N–H and O–H groups in total. The number of rotatable bonds is 6. The molecule has 0 saturated carbocycles. The second kappa shape index (κ2) is 7.89. The van der Waals surface area contributed by atoms with Crippen LogP contribution in [0.3, 0.4) is 0 Å². The maximum Gasteiger partial charge on any atom is 0.338 e. The van der Waals surface area contributed by atoms with Gasteiger partial charge in [-0.3, -0.25) is 4.72 Å². The third-order valence-corrected chi connectivity index (χ3v) is 5.32. The molecule has 10 heteroatoms. The van der Waals surface area contributed by atoms with Gasteiger partial charge in [0.2, 0.25) is 0 Å². The number of benzene rings is 2. The molecule has 0 atom stereocenters. The van der Waals surface area contributed by atoms with Crippen molar-refractivity contribution in [2.24, 2.45) is 0 Å². The van der Waals surface area contributed by atoms with Gasteiger partial charge in [0, 0.05) is 10.2 Å². The van der Waals surface area contributed by atoms with Gasteiger partial charge in [-0.15, -0.1) is 0 Å². The Kier molecular flexibility index (Phi) is 5.57. The fourth-order valence-corrected chi connectivity index (χ4v) is 3.43. The molecule has 0 radical (unpaired) electrons. The van der Waals surface area contributed by atoms with Gasteiger partial charge in [0.05, 0.1) is 10.5 Å². The molecule has 0 unspecified atom stereocenters. The Morgan fingerprint density at radius 3 is 2.41 bits per heavy atom. The molecular formula is C17H14BrN3O5S. The minimum Gasteiger partial charge on any atom is -0.452 e. The Hall–Kier alpha value is -2.72. The van der Waals surface area contributed by atoms with Crippen LogP contribution >= 0.6 is 15.9 Å². The van der Waals surface area contributed by atoms with Crippen LogP contribution in [0.4, 0.5) is 5.69 Å². The number of sulfonamides is 1. The summed E-state index contributed by atoms with van der Waals surface area (Å²) in [5, 5.41) is 3.60. The fraction of sp³-hybridized carbons (Fsp3) is 0.118. The van der Waals surface area contributed by atoms with Crippen molar-refractivity contribution in [3.8, 4) is 0 Å². The van der Waals surface area contributed by atoms with Crippen molar-refractivity contribution >= 4 is 37.6 Å². The fourth-order valence-electron chi connectivity index (χ4n) is 2.11. The van der Waals surface area contributed by atoms with Gasteiger partial charge in [0.15, 0.2) is 12.4 Å². The van der Waals surface area contributed by atoms with Crippen molar-refractivity contribution in [3.63, 3.8) is 0 Å². The zero-order valence-electron chi connectivity index (χ0n) is 14.0. The summed E-state index contributed by atoms with van der Waals surface area (Å²) >= 11 is 3.26. The number of anilines is 1. The zero-order chi connectivity index (χ0) is 19.4. The Labute approximate surface area is 163 Å². The minimum absolute atomic E-state index is 0.129. The molecule has 8 nitrogen and oxygen atoms in total. The highest BCUT2D eigenvalue weighted by Gasteiger charge is 2.15. The number of esters is 1. The summed E-state index contributed by atoms with van der Waals surface area (Å²) < 4.78 is 37.9. The zero-order valence-corrected chi connectivity index (χ0v) is 16.5. The number of hydrogen-bond donors (Lipinski definition) is 1. The van der Waals surface area contributed by atoms with Crippen LogP contribution in [0.1, 0.15) is 22.1 Å². The smallest absolute Gasteiger partial charge is 0.338 e. The largest absolute Gasteiger partial charge is 0.452 e. The molecule has 0 saturated heterocycles. The van der Waals surface area contributed by atoms with Crippen LogP contribution in [0.15, 0.2) is 62.4 Å². The van der Waals surface area contributed by atoms with Crippen LogP contribution in [-0.4, -0.2) is 24.5 Å². The summed E-state index contributed by atoms with van der Waals surface area (Å²) in [5.41, 5.74) is 0.583. The predicted octanol–water partition coefficient (Wildman–Crippen LogP) is 3.30. The average molecular weight is 452 g/mol. The van der Waals surface area contributed by atoms with Crippen molar-refractivity contribution in [3.05, 3.63) is 70.3 Å². The van der Waals surface area contributed by atoms with Crippen LogP contribution in [0.5, 0.6) is 0 Å². The summed E-state index contributed by atoms with van der Waals surface area (Å²) in [6.07, 6.45) is 0. The SMILES string of the molecule is Cc1noc(COC(=O)c2ccc(NS(=O)(=O)c3ccc(Br)cc3)cc2)n1. The molecule has 1 heterocycles. The standard InChI is InChI=1S/C17H14BrN3O5S/c1-11-19-16(26-20-11)10-25-17(22)12-2-6-14(7-3-12)21-27(23,24)15-8-4-13(18)5-9-15/h2-9,21H,10H2,1H3. The quantitative estimate of drug-likeness (QED) is 0.572. The number of aryl methyl sites for hydroxylation is 1. The predicted molar refractivity (Wildman–Crippen MR) is 99.5 cm³/mol. The van der Waals surface area contributed by atoms with Gasteiger partial charge in [0.25, 0.3) is 15.9 Å². The number of nitrogens with one attached hydrogen (secondary N) is 1. The molecule has 140 valence electrons. The van der Waals surface area contributed by atoms with Crippen LogP contribution in [0.25, 0.3) is 0 Å². The lowest BCUT2D eigenvalue weighted by atomic mass is 10.2. The number of aromatic nitrogens is 2.